The van der Waals surface area contributed by atoms with Crippen molar-refractivity contribution in [3.63, 3.8) is 0 Å². The number of nitrogens with zero attached hydrogens (tertiary/aromatic N) is 1. The molecule has 12 rings (SSSR count). The molecule has 0 bridgehead atoms. The molecular weight excluding hydrogens is 717 g/mol. The number of nitrogens with one attached hydrogen (secondary N) is 3. The highest BCUT2D eigenvalue weighted by Crippen LogP contribution is 2.41. The minimum Gasteiger partial charge on any atom is -0.456 e. The van der Waals surface area contributed by atoms with Gasteiger partial charge in [0.05, 0.1) is 29.5 Å². The first kappa shape index (κ1) is 32.9. The van der Waals surface area contributed by atoms with Crippen LogP contribution in [0.25, 0.3) is 80.7 Å². The Hall–Kier alpha value is -6.28. The number of rotatable bonds is 5. The number of aromatic nitrogens is 1. The molecule has 4 heterocycles. The fraction of sp³-hybridized carbons (Fsp3) is 0.0980. The predicted octanol–water partition coefficient (Wildman–Crippen LogP) is 12.7. The van der Waals surface area contributed by atoms with Gasteiger partial charge in [0.1, 0.15) is 11.2 Å². The first-order valence-corrected chi connectivity index (χ1v) is 20.6. The Morgan fingerprint density at radius 1 is 0.544 bits per heavy atom. The van der Waals surface area contributed by atoms with E-state index in [-0.39, 0.29) is 18.5 Å². The maximum absolute atomic E-state index is 6.65. The van der Waals surface area contributed by atoms with Gasteiger partial charge in [-0.15, -0.1) is 11.3 Å². The smallest absolute Gasteiger partial charge is 0.136 e. The maximum Gasteiger partial charge on any atom is 0.136 e. The van der Waals surface area contributed by atoms with E-state index in [1.807, 2.05) is 11.3 Å². The van der Waals surface area contributed by atoms with Gasteiger partial charge >= 0.3 is 0 Å². The molecule has 0 saturated carbocycles. The van der Waals surface area contributed by atoms with Crippen LogP contribution in [-0.2, 0) is 0 Å². The highest BCUT2D eigenvalue weighted by molar-refractivity contribution is 7.25. The van der Waals surface area contributed by atoms with Gasteiger partial charge in [-0.3, -0.25) is 16.0 Å². The van der Waals surface area contributed by atoms with E-state index in [4.69, 9.17) is 4.42 Å². The summed E-state index contributed by atoms with van der Waals surface area (Å²) in [6.07, 6.45) is 9.86. The van der Waals surface area contributed by atoms with E-state index in [0.717, 1.165) is 33.9 Å². The van der Waals surface area contributed by atoms with Gasteiger partial charge in [-0.1, -0.05) is 127 Å². The van der Waals surface area contributed by atoms with Crippen LogP contribution in [-0.4, -0.2) is 10.7 Å². The summed E-state index contributed by atoms with van der Waals surface area (Å²) >= 11 is 1.86. The van der Waals surface area contributed by atoms with Gasteiger partial charge in [0.15, 0.2) is 0 Å². The molecule has 1 aliphatic heterocycles. The van der Waals surface area contributed by atoms with Gasteiger partial charge in [0.25, 0.3) is 0 Å². The van der Waals surface area contributed by atoms with Crippen molar-refractivity contribution in [2.75, 3.05) is 0 Å². The number of hydrogen-bond acceptors (Lipinski definition) is 5. The molecule has 7 aromatic carbocycles. The first-order chi connectivity index (χ1) is 28.2. The standard InChI is InChI=1S/C51H38N4OS/c1-3-12-31(13-4-1)49-52-50(32-14-5-2-6-15-32)54-51(53-49)41-18-11-21-44-48(41)40-26-23-33(28-45(40)56-44)34-22-25-38-39-27-24-35(30-47(39)57-46(38)29-34)55-42-19-9-7-16-36(42)37-17-8-10-20-43(37)55/h1-14,16-30,32,49-54H,15H2. The predicted molar refractivity (Wildman–Crippen MR) is 238 cm³/mol. The molecule has 4 atom stereocenters. The third kappa shape index (κ3) is 5.41. The van der Waals surface area contributed by atoms with E-state index in [9.17, 15) is 0 Å². The summed E-state index contributed by atoms with van der Waals surface area (Å²) in [5.41, 5.74) is 10.2. The zero-order valence-electron chi connectivity index (χ0n) is 31.0. The van der Waals surface area contributed by atoms with Crippen molar-refractivity contribution in [2.45, 2.75) is 24.9 Å². The SMILES string of the molecule is C1=CCC(C2NC(c3ccccc3)NC(c3cccc4oc5cc(-c6ccc7c(c6)sc6cc(-n8c9ccccc9c9ccccc98)ccc67)ccc5c34)N2)C=C1. The first-order valence-electron chi connectivity index (χ1n) is 19.8. The molecule has 5 nitrogen and oxygen atoms in total. The van der Waals surface area contributed by atoms with Gasteiger partial charge in [-0.25, -0.2) is 0 Å². The Morgan fingerprint density at radius 3 is 2.04 bits per heavy atom. The largest absolute Gasteiger partial charge is 0.456 e. The Labute approximate surface area is 333 Å². The topological polar surface area (TPSA) is 54.2 Å². The van der Waals surface area contributed by atoms with Crippen molar-refractivity contribution in [3.05, 3.63) is 187 Å². The van der Waals surface area contributed by atoms with Crippen LogP contribution >= 0.6 is 11.3 Å². The van der Waals surface area contributed by atoms with E-state index in [0.29, 0.717) is 5.92 Å². The van der Waals surface area contributed by atoms with E-state index in [1.165, 1.54) is 64.4 Å². The van der Waals surface area contributed by atoms with Gasteiger partial charge in [0, 0.05) is 53.3 Å². The summed E-state index contributed by atoms with van der Waals surface area (Å²) in [5, 5.41) is 19.1. The van der Waals surface area contributed by atoms with Gasteiger partial charge in [-0.2, -0.15) is 0 Å². The number of thiophene rings is 1. The molecule has 274 valence electrons. The third-order valence-electron chi connectivity index (χ3n) is 12.1. The summed E-state index contributed by atoms with van der Waals surface area (Å²) in [6.45, 7) is 0. The zero-order valence-corrected chi connectivity index (χ0v) is 31.8. The fourth-order valence-corrected chi connectivity index (χ4v) is 10.5. The molecular formula is C51H38N4OS. The summed E-state index contributed by atoms with van der Waals surface area (Å²) < 4.78 is 11.6. The van der Waals surface area contributed by atoms with Crippen LogP contribution in [0, 0.1) is 5.92 Å². The van der Waals surface area contributed by atoms with Crippen LogP contribution in [0.4, 0.5) is 0 Å². The lowest BCUT2D eigenvalue weighted by molar-refractivity contribution is 0.171. The lowest BCUT2D eigenvalue weighted by atomic mass is 9.94. The van der Waals surface area contributed by atoms with E-state index < -0.39 is 0 Å². The molecule has 1 fully saturated rings. The minimum atomic E-state index is -0.0872. The van der Waals surface area contributed by atoms with Crippen molar-refractivity contribution < 1.29 is 4.42 Å². The molecule has 3 N–H and O–H groups in total. The van der Waals surface area contributed by atoms with Crippen LogP contribution in [0.15, 0.2) is 180 Å². The molecule has 0 spiro atoms. The summed E-state index contributed by atoms with van der Waals surface area (Å²) in [7, 11) is 0. The van der Waals surface area contributed by atoms with Crippen LogP contribution in [0.3, 0.4) is 0 Å². The Kier molecular flexibility index (Phi) is 7.60. The molecule has 0 amide bonds. The molecule has 1 aliphatic carbocycles. The number of fused-ring (bicyclic) bond motifs is 9. The maximum atomic E-state index is 6.65. The second-order valence-corrected chi connectivity index (χ2v) is 16.4. The number of hydrogen-bond donors (Lipinski definition) is 3. The van der Waals surface area contributed by atoms with E-state index >= 15 is 0 Å². The molecule has 0 radical (unpaired) electrons. The second-order valence-electron chi connectivity index (χ2n) is 15.4. The van der Waals surface area contributed by atoms with Crippen molar-refractivity contribution in [3.8, 4) is 16.8 Å². The number of furan rings is 1. The normalized spacial score (nSPS) is 19.9. The summed E-state index contributed by atoms with van der Waals surface area (Å²) in [4.78, 5) is 0. The third-order valence-corrected chi connectivity index (χ3v) is 13.2. The number of para-hydroxylation sites is 2. The Morgan fingerprint density at radius 2 is 1.25 bits per heavy atom. The minimum absolute atomic E-state index is 0.00848. The fourth-order valence-electron chi connectivity index (χ4n) is 9.34. The van der Waals surface area contributed by atoms with E-state index in [1.54, 1.807) is 0 Å². The van der Waals surface area contributed by atoms with Crippen molar-refractivity contribution >= 4 is 75.3 Å². The molecule has 2 aliphatic rings. The number of benzene rings is 7. The molecule has 1 saturated heterocycles. The average Bonchev–Trinajstić information content (AvgIpc) is 3.95. The van der Waals surface area contributed by atoms with Crippen LogP contribution in [0.1, 0.15) is 29.9 Å². The van der Waals surface area contributed by atoms with Crippen molar-refractivity contribution in [1.29, 1.82) is 0 Å². The van der Waals surface area contributed by atoms with Gasteiger partial charge in [-0.05, 0) is 77.2 Å². The number of allylic oxidation sites excluding steroid dienone is 3. The summed E-state index contributed by atoms with van der Waals surface area (Å²) in [6, 6.07) is 55.1. The van der Waals surface area contributed by atoms with Crippen LogP contribution < -0.4 is 16.0 Å². The lowest BCUT2D eigenvalue weighted by Crippen LogP contribution is -2.61. The van der Waals surface area contributed by atoms with Crippen LogP contribution in [0.2, 0.25) is 0 Å². The molecule has 10 aromatic rings. The zero-order chi connectivity index (χ0) is 37.5. The van der Waals surface area contributed by atoms with Crippen molar-refractivity contribution in [2.24, 2.45) is 5.92 Å². The van der Waals surface area contributed by atoms with Crippen molar-refractivity contribution in [1.82, 2.24) is 20.5 Å². The van der Waals surface area contributed by atoms with Gasteiger partial charge in [0.2, 0.25) is 0 Å². The highest BCUT2D eigenvalue weighted by Gasteiger charge is 2.33. The second kappa shape index (κ2) is 13.2. The quantitative estimate of drug-likeness (QED) is 0.164. The van der Waals surface area contributed by atoms with E-state index in [2.05, 4.69) is 196 Å². The molecule has 57 heavy (non-hydrogen) atoms. The Bertz CT molecular complexity index is 3190. The average molecular weight is 755 g/mol. The van der Waals surface area contributed by atoms with Crippen LogP contribution in [0.5, 0.6) is 0 Å². The Balaban J connectivity index is 0.908. The van der Waals surface area contributed by atoms with Gasteiger partial charge < -0.3 is 8.98 Å². The lowest BCUT2D eigenvalue weighted by Gasteiger charge is -2.42. The molecule has 6 heteroatoms. The summed E-state index contributed by atoms with van der Waals surface area (Å²) in [5.74, 6) is 0.342. The molecule has 3 aromatic heterocycles. The monoisotopic (exact) mass is 754 g/mol. The highest BCUT2D eigenvalue weighted by atomic mass is 32.1. The molecule has 4 unspecified atom stereocenters.